The Labute approximate surface area is 72.2 Å². The molecule has 1 N–H and O–H groups in total. The molecule has 0 fully saturated rings. The molecular weight excluding hydrogens is 154 g/mol. The highest BCUT2D eigenvalue weighted by atomic mass is 32.2. The number of rotatable bonds is 4. The number of para-hydroxylation sites is 1. The zero-order valence-corrected chi connectivity index (χ0v) is 7.53. The Morgan fingerprint density at radius 1 is 1.27 bits per heavy atom. The zero-order chi connectivity index (χ0) is 7.94. The number of hydrogen-bond acceptors (Lipinski definition) is 2. The fourth-order valence-electron chi connectivity index (χ4n) is 0.853. The molecule has 0 aliphatic carbocycles. The van der Waals surface area contributed by atoms with E-state index >= 15 is 0 Å². The SMILES string of the molecule is CSCCNc1ccccc1. The van der Waals surface area contributed by atoms with Gasteiger partial charge in [0.05, 0.1) is 0 Å². The van der Waals surface area contributed by atoms with Gasteiger partial charge in [0.1, 0.15) is 0 Å². The van der Waals surface area contributed by atoms with Gasteiger partial charge in [-0.1, -0.05) is 18.2 Å². The van der Waals surface area contributed by atoms with E-state index in [1.165, 1.54) is 5.69 Å². The second kappa shape index (κ2) is 5.08. The van der Waals surface area contributed by atoms with E-state index < -0.39 is 0 Å². The summed E-state index contributed by atoms with van der Waals surface area (Å²) in [6.45, 7) is 1.05. The summed E-state index contributed by atoms with van der Waals surface area (Å²) in [6.07, 6.45) is 2.12. The first-order chi connectivity index (χ1) is 5.43. The maximum atomic E-state index is 3.32. The standard InChI is InChI=1S/C9H13NS/c1-11-8-7-10-9-5-3-2-4-6-9/h2-6,10H,7-8H2,1H3. The second-order valence-corrected chi connectivity index (χ2v) is 3.27. The summed E-state index contributed by atoms with van der Waals surface area (Å²) in [5.74, 6) is 1.16. The third kappa shape index (κ3) is 3.33. The summed E-state index contributed by atoms with van der Waals surface area (Å²) in [6, 6.07) is 10.3. The van der Waals surface area contributed by atoms with Crippen molar-refractivity contribution in [3.8, 4) is 0 Å². The van der Waals surface area contributed by atoms with Gasteiger partial charge in [0.2, 0.25) is 0 Å². The van der Waals surface area contributed by atoms with E-state index in [9.17, 15) is 0 Å². The predicted molar refractivity (Wildman–Crippen MR) is 53.3 cm³/mol. The van der Waals surface area contributed by atoms with Crippen molar-refractivity contribution in [2.75, 3.05) is 23.9 Å². The number of benzene rings is 1. The fourth-order valence-corrected chi connectivity index (χ4v) is 1.16. The van der Waals surface area contributed by atoms with E-state index in [0.717, 1.165) is 12.3 Å². The molecular formula is C9H13NS. The monoisotopic (exact) mass is 167 g/mol. The molecule has 0 radical (unpaired) electrons. The normalized spacial score (nSPS) is 9.55. The largest absolute Gasteiger partial charge is 0.384 e. The summed E-state index contributed by atoms with van der Waals surface area (Å²) in [4.78, 5) is 0. The van der Waals surface area contributed by atoms with Crippen LogP contribution in [0.5, 0.6) is 0 Å². The van der Waals surface area contributed by atoms with Crippen LogP contribution in [0.1, 0.15) is 0 Å². The van der Waals surface area contributed by atoms with Gasteiger partial charge in [-0.05, 0) is 18.4 Å². The van der Waals surface area contributed by atoms with E-state index in [1.54, 1.807) is 0 Å². The first-order valence-electron chi connectivity index (χ1n) is 3.71. The van der Waals surface area contributed by atoms with Crippen molar-refractivity contribution in [2.24, 2.45) is 0 Å². The molecule has 0 aliphatic heterocycles. The molecule has 0 spiro atoms. The molecule has 0 heterocycles. The molecule has 1 aromatic rings. The molecule has 0 unspecified atom stereocenters. The fraction of sp³-hybridized carbons (Fsp3) is 0.333. The third-order valence-electron chi connectivity index (χ3n) is 1.41. The second-order valence-electron chi connectivity index (χ2n) is 2.29. The lowest BCUT2D eigenvalue weighted by atomic mass is 10.3. The highest BCUT2D eigenvalue weighted by Crippen LogP contribution is 2.04. The Kier molecular flexibility index (Phi) is 3.91. The van der Waals surface area contributed by atoms with E-state index in [0.29, 0.717) is 0 Å². The van der Waals surface area contributed by atoms with Crippen LogP contribution in [0.2, 0.25) is 0 Å². The molecule has 0 amide bonds. The lowest BCUT2D eigenvalue weighted by Crippen LogP contribution is -2.02. The van der Waals surface area contributed by atoms with Crippen LogP contribution in [-0.4, -0.2) is 18.6 Å². The molecule has 0 saturated heterocycles. The summed E-state index contributed by atoms with van der Waals surface area (Å²) in [5, 5.41) is 3.32. The lowest BCUT2D eigenvalue weighted by molar-refractivity contribution is 1.23. The van der Waals surface area contributed by atoms with Gasteiger partial charge in [0.25, 0.3) is 0 Å². The van der Waals surface area contributed by atoms with E-state index in [4.69, 9.17) is 0 Å². The number of thioether (sulfide) groups is 1. The molecule has 1 aromatic carbocycles. The molecule has 0 aliphatic rings. The molecule has 0 bridgehead atoms. The van der Waals surface area contributed by atoms with Gasteiger partial charge in [0.15, 0.2) is 0 Å². The van der Waals surface area contributed by atoms with E-state index in [1.807, 2.05) is 30.0 Å². The van der Waals surface area contributed by atoms with Crippen molar-refractivity contribution in [3.63, 3.8) is 0 Å². The number of nitrogens with one attached hydrogen (secondary N) is 1. The Hall–Kier alpha value is -0.630. The van der Waals surface area contributed by atoms with Crippen molar-refractivity contribution in [1.82, 2.24) is 0 Å². The molecule has 0 aromatic heterocycles. The van der Waals surface area contributed by atoms with Crippen LogP contribution >= 0.6 is 11.8 Å². The van der Waals surface area contributed by atoms with Gasteiger partial charge in [-0.15, -0.1) is 0 Å². The Morgan fingerprint density at radius 3 is 2.64 bits per heavy atom. The van der Waals surface area contributed by atoms with Crippen LogP contribution in [0.25, 0.3) is 0 Å². The van der Waals surface area contributed by atoms with Crippen molar-refractivity contribution in [3.05, 3.63) is 30.3 Å². The van der Waals surface area contributed by atoms with Crippen molar-refractivity contribution >= 4 is 17.4 Å². The number of anilines is 1. The molecule has 60 valence electrons. The van der Waals surface area contributed by atoms with Crippen LogP contribution in [-0.2, 0) is 0 Å². The van der Waals surface area contributed by atoms with E-state index in [-0.39, 0.29) is 0 Å². The minimum Gasteiger partial charge on any atom is -0.384 e. The van der Waals surface area contributed by atoms with Gasteiger partial charge in [-0.2, -0.15) is 11.8 Å². The van der Waals surface area contributed by atoms with Crippen molar-refractivity contribution < 1.29 is 0 Å². The lowest BCUT2D eigenvalue weighted by Gasteiger charge is -2.03. The molecule has 2 heteroatoms. The van der Waals surface area contributed by atoms with Gasteiger partial charge in [-0.25, -0.2) is 0 Å². The first kappa shape index (κ1) is 8.47. The van der Waals surface area contributed by atoms with Crippen LogP contribution in [0.3, 0.4) is 0 Å². The van der Waals surface area contributed by atoms with Crippen LogP contribution in [0, 0.1) is 0 Å². The van der Waals surface area contributed by atoms with Gasteiger partial charge in [0, 0.05) is 18.0 Å². The average molecular weight is 167 g/mol. The topological polar surface area (TPSA) is 12.0 Å². The highest BCUT2D eigenvalue weighted by molar-refractivity contribution is 7.98. The Bertz CT molecular complexity index is 186. The predicted octanol–water partition coefficient (Wildman–Crippen LogP) is 2.46. The molecule has 0 saturated carbocycles. The maximum absolute atomic E-state index is 3.32. The minimum atomic E-state index is 1.05. The summed E-state index contributed by atoms with van der Waals surface area (Å²) >= 11 is 1.86. The summed E-state index contributed by atoms with van der Waals surface area (Å²) in [7, 11) is 0. The zero-order valence-electron chi connectivity index (χ0n) is 6.71. The third-order valence-corrected chi connectivity index (χ3v) is 2.02. The molecule has 1 nitrogen and oxygen atoms in total. The quantitative estimate of drug-likeness (QED) is 0.691. The summed E-state index contributed by atoms with van der Waals surface area (Å²) < 4.78 is 0. The van der Waals surface area contributed by atoms with Crippen molar-refractivity contribution in [1.29, 1.82) is 0 Å². The summed E-state index contributed by atoms with van der Waals surface area (Å²) in [5.41, 5.74) is 1.21. The van der Waals surface area contributed by atoms with Crippen LogP contribution in [0.4, 0.5) is 5.69 Å². The van der Waals surface area contributed by atoms with Crippen molar-refractivity contribution in [2.45, 2.75) is 0 Å². The van der Waals surface area contributed by atoms with Gasteiger partial charge >= 0.3 is 0 Å². The smallest absolute Gasteiger partial charge is 0.0340 e. The van der Waals surface area contributed by atoms with Crippen LogP contribution in [0.15, 0.2) is 30.3 Å². The Balaban J connectivity index is 2.28. The average Bonchev–Trinajstić information content (AvgIpc) is 2.07. The molecule has 0 atom stereocenters. The molecule has 1 rings (SSSR count). The highest BCUT2D eigenvalue weighted by Gasteiger charge is 1.86. The van der Waals surface area contributed by atoms with Gasteiger partial charge < -0.3 is 5.32 Å². The molecule has 11 heavy (non-hydrogen) atoms. The van der Waals surface area contributed by atoms with Crippen LogP contribution < -0.4 is 5.32 Å². The maximum Gasteiger partial charge on any atom is 0.0340 e. The Morgan fingerprint density at radius 2 is 2.00 bits per heavy atom. The first-order valence-corrected chi connectivity index (χ1v) is 5.11. The minimum absolute atomic E-state index is 1.05. The number of hydrogen-bond donors (Lipinski definition) is 1. The van der Waals surface area contributed by atoms with E-state index in [2.05, 4.69) is 23.7 Å². The van der Waals surface area contributed by atoms with Gasteiger partial charge in [-0.3, -0.25) is 0 Å².